The predicted octanol–water partition coefficient (Wildman–Crippen LogP) is -0.528. The zero-order valence-corrected chi connectivity index (χ0v) is 19.0. The summed E-state index contributed by atoms with van der Waals surface area (Å²) in [5.74, 6) is -1.88. The maximum atomic E-state index is 12.9. The van der Waals surface area contributed by atoms with E-state index >= 15 is 0 Å². The second-order valence-corrected chi connectivity index (χ2v) is 9.02. The second kappa shape index (κ2) is 10.9. The van der Waals surface area contributed by atoms with Crippen molar-refractivity contribution in [1.29, 1.82) is 0 Å². The van der Waals surface area contributed by atoms with Crippen LogP contribution in [0.4, 0.5) is 0 Å². The number of rotatable bonds is 11. The number of sulfonamides is 1. The van der Waals surface area contributed by atoms with Gasteiger partial charge < -0.3 is 20.9 Å². The summed E-state index contributed by atoms with van der Waals surface area (Å²) in [4.78, 5) is 37.0. The number of hydrogen-bond donors (Lipinski definition) is 4. The molecule has 3 aromatic rings. The Labute approximate surface area is 195 Å². The molecule has 0 spiro atoms. The number of nitrogens with one attached hydrogen (secondary N) is 2. The minimum absolute atomic E-state index is 0.117. The highest BCUT2D eigenvalue weighted by Gasteiger charge is 2.26. The number of aliphatic carboxylic acids is 1. The van der Waals surface area contributed by atoms with Gasteiger partial charge in [-0.1, -0.05) is 18.2 Å². The standard InChI is InChI=1S/C22H24N4O7S/c23-11-4-12-33-16-9-7-15-8-10-18(21(28)26(15)14-16)20(27)24-13-19(22(29)30)25-34(31,32)17-5-2-1-3-6-17/h1-3,5-10,14,19,25H,4,11-13,23H2,(H,24,27)(H,29,30)/p+1/t19-/m0/s1. The first-order chi connectivity index (χ1) is 16.2. The second-order valence-electron chi connectivity index (χ2n) is 7.30. The van der Waals surface area contributed by atoms with Gasteiger partial charge in [-0.3, -0.25) is 18.8 Å². The van der Waals surface area contributed by atoms with Crippen molar-refractivity contribution < 1.29 is 33.6 Å². The van der Waals surface area contributed by atoms with E-state index < -0.39 is 40.0 Å². The molecule has 12 heteroatoms. The van der Waals surface area contributed by atoms with Crippen LogP contribution in [0.5, 0.6) is 5.75 Å². The number of carbonyl (C=O) groups excluding carboxylic acids is 1. The first-order valence-corrected chi connectivity index (χ1v) is 11.9. The SMILES string of the molecule is [NH3+]CCCOc1ccc2ccc(C(=O)NC[C@H](NS(=O)(=O)c3ccccc3)C(=O)O)c(=O)n2c1. The molecule has 3 rings (SSSR count). The Kier molecular flexibility index (Phi) is 7.99. The van der Waals surface area contributed by atoms with Crippen LogP contribution in [-0.2, 0) is 14.8 Å². The Morgan fingerprint density at radius 2 is 1.79 bits per heavy atom. The third-order valence-corrected chi connectivity index (χ3v) is 6.33. The number of carboxylic acid groups (broad SMARTS) is 1. The topological polar surface area (TPSA) is 171 Å². The number of aromatic nitrogens is 1. The van der Waals surface area contributed by atoms with Crippen molar-refractivity contribution >= 4 is 27.4 Å². The molecule has 0 saturated carbocycles. The van der Waals surface area contributed by atoms with Gasteiger partial charge in [-0.15, -0.1) is 0 Å². The number of amides is 1. The fourth-order valence-electron chi connectivity index (χ4n) is 3.05. The van der Waals surface area contributed by atoms with E-state index in [4.69, 9.17) is 4.74 Å². The molecular weight excluding hydrogens is 464 g/mol. The summed E-state index contributed by atoms with van der Waals surface area (Å²) in [6, 6.07) is 11.8. The van der Waals surface area contributed by atoms with Gasteiger partial charge in [0.25, 0.3) is 11.5 Å². The summed E-state index contributed by atoms with van der Waals surface area (Å²) in [6.45, 7) is 0.562. The molecule has 0 unspecified atom stereocenters. The van der Waals surface area contributed by atoms with E-state index in [0.717, 1.165) is 6.42 Å². The Bertz CT molecular complexity index is 1340. The van der Waals surface area contributed by atoms with Crippen LogP contribution in [0.1, 0.15) is 16.8 Å². The molecule has 0 saturated heterocycles. The van der Waals surface area contributed by atoms with E-state index in [0.29, 0.717) is 24.4 Å². The third kappa shape index (κ3) is 5.98. The first kappa shape index (κ1) is 24.9. The van der Waals surface area contributed by atoms with Gasteiger partial charge in [0.15, 0.2) is 0 Å². The number of benzene rings is 1. The predicted molar refractivity (Wildman–Crippen MR) is 122 cm³/mol. The van der Waals surface area contributed by atoms with E-state index in [1.807, 2.05) is 4.72 Å². The number of pyridine rings is 2. The molecule has 6 N–H and O–H groups in total. The number of carbonyl (C=O) groups is 2. The van der Waals surface area contributed by atoms with Gasteiger partial charge >= 0.3 is 5.97 Å². The lowest BCUT2D eigenvalue weighted by molar-refractivity contribution is -0.368. The van der Waals surface area contributed by atoms with Gasteiger partial charge in [0.05, 0.1) is 24.2 Å². The maximum Gasteiger partial charge on any atom is 0.323 e. The highest BCUT2D eigenvalue weighted by atomic mass is 32.2. The van der Waals surface area contributed by atoms with Crippen LogP contribution in [0.2, 0.25) is 0 Å². The average Bonchev–Trinajstić information content (AvgIpc) is 2.82. The van der Waals surface area contributed by atoms with Crippen LogP contribution in [-0.4, -0.2) is 55.5 Å². The molecule has 34 heavy (non-hydrogen) atoms. The summed E-state index contributed by atoms with van der Waals surface area (Å²) in [5.41, 5.74) is 3.40. The fraction of sp³-hybridized carbons (Fsp3) is 0.227. The Hall–Kier alpha value is -3.74. The van der Waals surface area contributed by atoms with Crippen molar-refractivity contribution in [3.05, 3.63) is 76.7 Å². The molecular formula is C22H25N4O7S+. The molecule has 0 fully saturated rings. The molecule has 0 aliphatic rings. The summed E-state index contributed by atoms with van der Waals surface area (Å²) in [6.07, 6.45) is 2.21. The van der Waals surface area contributed by atoms with Crippen LogP contribution >= 0.6 is 0 Å². The van der Waals surface area contributed by atoms with Crippen LogP contribution in [0.15, 0.2) is 70.5 Å². The molecule has 0 aliphatic heterocycles. The maximum absolute atomic E-state index is 12.9. The molecule has 1 atom stereocenters. The largest absolute Gasteiger partial charge is 0.492 e. The summed E-state index contributed by atoms with van der Waals surface area (Å²) >= 11 is 0. The Morgan fingerprint density at radius 1 is 1.09 bits per heavy atom. The minimum Gasteiger partial charge on any atom is -0.492 e. The van der Waals surface area contributed by atoms with E-state index in [1.165, 1.54) is 40.9 Å². The molecule has 0 aliphatic carbocycles. The van der Waals surface area contributed by atoms with Crippen LogP contribution in [0.25, 0.3) is 5.52 Å². The van der Waals surface area contributed by atoms with E-state index in [9.17, 15) is 27.9 Å². The third-order valence-electron chi connectivity index (χ3n) is 4.85. The Morgan fingerprint density at radius 3 is 2.47 bits per heavy atom. The van der Waals surface area contributed by atoms with Crippen molar-refractivity contribution in [3.8, 4) is 5.75 Å². The normalized spacial score (nSPS) is 12.3. The van der Waals surface area contributed by atoms with Crippen molar-refractivity contribution in [3.63, 3.8) is 0 Å². The smallest absolute Gasteiger partial charge is 0.323 e. The zero-order chi connectivity index (χ0) is 24.7. The first-order valence-electron chi connectivity index (χ1n) is 10.4. The van der Waals surface area contributed by atoms with Crippen molar-refractivity contribution in [2.24, 2.45) is 0 Å². The van der Waals surface area contributed by atoms with E-state index in [1.54, 1.807) is 24.3 Å². The van der Waals surface area contributed by atoms with E-state index in [-0.39, 0.29) is 10.5 Å². The van der Waals surface area contributed by atoms with Gasteiger partial charge in [0.1, 0.15) is 17.4 Å². The van der Waals surface area contributed by atoms with Crippen LogP contribution < -0.4 is 26.1 Å². The minimum atomic E-state index is -4.13. The summed E-state index contributed by atoms with van der Waals surface area (Å²) < 4.78 is 33.7. The summed E-state index contributed by atoms with van der Waals surface area (Å²) in [5, 5.41) is 11.7. The molecule has 0 bridgehead atoms. The molecule has 180 valence electrons. The zero-order valence-electron chi connectivity index (χ0n) is 18.1. The van der Waals surface area contributed by atoms with Crippen LogP contribution in [0, 0.1) is 0 Å². The van der Waals surface area contributed by atoms with Gasteiger partial charge in [-0.05, 0) is 36.4 Å². The van der Waals surface area contributed by atoms with Crippen molar-refractivity contribution in [1.82, 2.24) is 14.4 Å². The number of quaternary nitrogens is 1. The average molecular weight is 490 g/mol. The molecule has 0 radical (unpaired) electrons. The number of nitrogens with zero attached hydrogens (tertiary/aromatic N) is 1. The number of ether oxygens (including phenoxy) is 1. The highest BCUT2D eigenvalue weighted by Crippen LogP contribution is 2.13. The highest BCUT2D eigenvalue weighted by molar-refractivity contribution is 7.89. The molecule has 1 aromatic carbocycles. The fourth-order valence-corrected chi connectivity index (χ4v) is 4.26. The lowest BCUT2D eigenvalue weighted by atomic mass is 10.2. The molecule has 11 nitrogen and oxygen atoms in total. The van der Waals surface area contributed by atoms with Crippen molar-refractivity contribution in [2.75, 3.05) is 19.7 Å². The number of fused-ring (bicyclic) bond motifs is 1. The van der Waals surface area contributed by atoms with Gasteiger partial charge in [-0.25, -0.2) is 8.42 Å². The van der Waals surface area contributed by atoms with Crippen molar-refractivity contribution in [2.45, 2.75) is 17.4 Å². The quantitative estimate of drug-likeness (QED) is 0.262. The van der Waals surface area contributed by atoms with Gasteiger partial charge in [-0.2, -0.15) is 4.72 Å². The lowest BCUT2D eigenvalue weighted by Crippen LogP contribution is -2.50. The summed E-state index contributed by atoms with van der Waals surface area (Å²) in [7, 11) is -4.13. The van der Waals surface area contributed by atoms with Crippen LogP contribution in [0.3, 0.4) is 0 Å². The molecule has 1 amide bonds. The lowest BCUT2D eigenvalue weighted by Gasteiger charge is -2.16. The molecule has 2 aromatic heterocycles. The monoisotopic (exact) mass is 489 g/mol. The number of carboxylic acids is 1. The molecule has 2 heterocycles. The number of hydrogen-bond acceptors (Lipinski definition) is 6. The Balaban J connectivity index is 1.75. The van der Waals surface area contributed by atoms with Gasteiger partial charge in [0.2, 0.25) is 10.0 Å². The van der Waals surface area contributed by atoms with Gasteiger partial charge in [0, 0.05) is 18.5 Å². The van der Waals surface area contributed by atoms with E-state index in [2.05, 4.69) is 11.1 Å².